The second kappa shape index (κ2) is 42.3. The Kier molecular flexibility index (Phi) is 33.5. The minimum absolute atomic E-state index is 0.0341. The number of amides is 7. The number of aromatic hydroxyl groups is 3. The molecule has 3 saturated heterocycles. The molecular weight excluding hydrogens is 2140 g/mol. The molecule has 3 fully saturated rings. The van der Waals surface area contributed by atoms with Crippen molar-refractivity contribution in [3.63, 3.8) is 0 Å². The minimum atomic E-state index is -2.40. The lowest BCUT2D eigenvalue weighted by atomic mass is 9.72. The number of hydrogen-bond donors (Lipinski definition) is 13. The summed E-state index contributed by atoms with van der Waals surface area (Å²) in [6.45, 7) is 6.32. The number of aliphatic hydroxyl groups excluding tert-OH is 2. The molecule has 0 bridgehead atoms. The number of methoxy groups -OCH3 is 1. The van der Waals surface area contributed by atoms with Crippen molar-refractivity contribution in [2.75, 3.05) is 71.9 Å². The maximum Gasteiger partial charge on any atom is 0.340 e. The molecule has 0 saturated carbocycles. The number of carbonyl (C=O) groups excluding carboxylic acids is 10. The van der Waals surface area contributed by atoms with E-state index in [1.165, 1.54) is 32.2 Å². The Morgan fingerprint density at radius 1 is 0.664 bits per heavy atom. The van der Waals surface area contributed by atoms with Gasteiger partial charge in [0.15, 0.2) is 29.2 Å². The Labute approximate surface area is 781 Å². The molecular formula is C83H94Cl4I4N8O22S. The standard InChI is InChI=1S/C83H94Cl4I4N8O22S/c1-39-70(107)46(34-56(119-39)120-48-36-83(116,49(101)37-100)35-43-59(48)76(113)63-62(72(43)109)71(108)40-16-15-17-47(117-4)58(40)75(63)112)96-55(106)23-12-8-7-10-20-52(103)93-25-29-99(30-26-94-53(104)22-14-13-18-50-82(3)81(2,38-122-50)97-80(115)98-82)28-24-92-51(102)19-9-5-6-11-21-54(105)95-27-31-118-79(114)61-60(64(84)66(86)67(87)65(61)85)57-41-32-44(88)73(110)68(90)77(41)121-78-42(57)33-45(89)74(111)69(78)91/h15-17,32-33,39,46,48,50,56,70,100,107,109-110,113,116H,5-14,18-31,34-38H2,1-4H3,(H,92,102)(H,93,103)(H,94,104)(H,95,105)(H,96,106)(H2,97,98,115)/t39-,46-,48-,50?,56-,70+,81+,82-,83-/m0/s1. The van der Waals surface area contributed by atoms with Crippen LogP contribution in [0.2, 0.25) is 20.1 Å². The topological polar surface area (TPSA) is 447 Å². The van der Waals surface area contributed by atoms with E-state index in [2.05, 4.69) is 51.1 Å². The summed E-state index contributed by atoms with van der Waals surface area (Å²) in [5.41, 5.74) is -4.64. The maximum absolute atomic E-state index is 14.2. The number of urea groups is 1. The number of thioether (sulfide) groups is 1. The molecule has 0 aromatic heterocycles. The number of ether oxygens (including phenoxy) is 4. The molecule has 4 aromatic rings. The monoisotopic (exact) mass is 2230 g/mol. The van der Waals surface area contributed by atoms with E-state index >= 15 is 0 Å². The molecule has 3 aliphatic carbocycles. The summed E-state index contributed by atoms with van der Waals surface area (Å²) in [4.78, 5) is 149. The quantitative estimate of drug-likeness (QED) is 0.00249. The van der Waals surface area contributed by atoms with Crippen molar-refractivity contribution in [1.29, 1.82) is 0 Å². The molecule has 0 spiro atoms. The first-order valence-corrected chi connectivity index (χ1v) is 46.9. The first-order valence-electron chi connectivity index (χ1n) is 40.0. The molecule has 122 heavy (non-hydrogen) atoms. The van der Waals surface area contributed by atoms with Crippen molar-refractivity contribution in [3.8, 4) is 45.4 Å². The molecule has 11 rings (SSSR count). The molecule has 4 aromatic carbocycles. The number of rotatable bonds is 39. The molecule has 13 N–H and O–H groups in total. The Morgan fingerprint density at radius 3 is 1.84 bits per heavy atom. The van der Waals surface area contributed by atoms with E-state index in [-0.39, 0.29) is 184 Å². The van der Waals surface area contributed by atoms with Gasteiger partial charge in [-0.2, -0.15) is 11.8 Å². The summed E-state index contributed by atoms with van der Waals surface area (Å²) in [6.07, 6.45) is 1.38. The number of Topliss-reactive ketones (excluding diaryl/α,β-unsaturated/α-hetero) is 1. The number of phenols is 3. The molecule has 30 nitrogen and oxygen atoms in total. The van der Waals surface area contributed by atoms with Crippen LogP contribution in [0.1, 0.15) is 196 Å². The van der Waals surface area contributed by atoms with E-state index in [0.717, 1.165) is 18.6 Å². The minimum Gasteiger partial charge on any atom is -0.507 e. The van der Waals surface area contributed by atoms with E-state index in [9.17, 15) is 83.4 Å². The number of phenolic OH excluding ortho intramolecular Hbond substituents is 3. The maximum atomic E-state index is 14.2. The fraction of sp³-hybridized carbons (Fsp3) is 0.506. The fourth-order valence-electron chi connectivity index (χ4n) is 16.3. The summed E-state index contributed by atoms with van der Waals surface area (Å²) in [6, 6.07) is 6.39. The summed E-state index contributed by atoms with van der Waals surface area (Å²) in [5.74, 6) is -5.46. The number of hydrogen-bond acceptors (Lipinski definition) is 24. The number of halogens is 8. The summed E-state index contributed by atoms with van der Waals surface area (Å²) in [7, 11) is 1.30. The first-order chi connectivity index (χ1) is 58.0. The van der Waals surface area contributed by atoms with Crippen molar-refractivity contribution in [2.24, 2.45) is 0 Å². The van der Waals surface area contributed by atoms with Crippen molar-refractivity contribution < 1.29 is 102 Å². The molecule has 39 heteroatoms. The molecule has 4 heterocycles. The van der Waals surface area contributed by atoms with Crippen molar-refractivity contribution in [1.82, 2.24) is 42.1 Å². The van der Waals surface area contributed by atoms with Crippen LogP contribution >= 0.6 is 149 Å². The number of unbranched alkanes of at least 4 members (excludes halogenated alkanes) is 7. The average molecular weight is 2240 g/mol. The van der Waals surface area contributed by atoms with Gasteiger partial charge in [0.05, 0.1) is 96.0 Å². The van der Waals surface area contributed by atoms with Gasteiger partial charge in [-0.05, 0) is 168 Å². The average Bonchev–Trinajstić information content (AvgIpc) is 1.16. The van der Waals surface area contributed by atoms with Gasteiger partial charge in [-0.1, -0.05) is 90.6 Å². The highest BCUT2D eigenvalue weighted by Crippen LogP contribution is 2.56. The Morgan fingerprint density at radius 2 is 1.24 bits per heavy atom. The molecule has 660 valence electrons. The van der Waals surface area contributed by atoms with Gasteiger partial charge in [0, 0.05) is 140 Å². The van der Waals surface area contributed by atoms with Crippen LogP contribution in [-0.4, -0.2) is 213 Å². The third-order valence-corrected chi connectivity index (χ3v) is 30.4. The molecule has 9 atom stereocenters. The van der Waals surface area contributed by atoms with E-state index in [0.29, 0.717) is 118 Å². The van der Waals surface area contributed by atoms with Crippen LogP contribution in [0.4, 0.5) is 4.79 Å². The second-order valence-electron chi connectivity index (χ2n) is 31.3. The van der Waals surface area contributed by atoms with Crippen LogP contribution in [-0.2, 0) is 49.4 Å². The lowest BCUT2D eigenvalue weighted by Gasteiger charge is -2.43. The second-order valence-corrected chi connectivity index (χ2v) is 38.5. The van der Waals surface area contributed by atoms with E-state index in [1.807, 2.05) is 107 Å². The van der Waals surface area contributed by atoms with Gasteiger partial charge >= 0.3 is 12.0 Å². The predicted molar refractivity (Wildman–Crippen MR) is 490 cm³/mol. The highest BCUT2D eigenvalue weighted by atomic mass is 127. The molecule has 7 aliphatic rings. The third kappa shape index (κ3) is 21.4. The van der Waals surface area contributed by atoms with Gasteiger partial charge in [-0.15, -0.1) is 0 Å². The normalized spacial score (nSPS) is 21.5. The van der Waals surface area contributed by atoms with Crippen molar-refractivity contribution in [2.45, 2.75) is 195 Å². The van der Waals surface area contributed by atoms with Crippen LogP contribution in [0.25, 0.3) is 33.4 Å². The zero-order valence-corrected chi connectivity index (χ0v) is 79.4. The lowest BCUT2D eigenvalue weighted by Crippen LogP contribution is -2.58. The number of nitrogens with zero attached hydrogens (tertiary/aromatic N) is 1. The van der Waals surface area contributed by atoms with Crippen LogP contribution in [0, 0.1) is 14.3 Å². The number of nitrogens with one attached hydrogen (secondary N) is 7. The fourth-order valence-corrected chi connectivity index (χ4v) is 22.8. The SMILES string of the molecule is COc1cccc2c1C(=O)c1c(O)c3c(c(O)c1C2=O)C[C@@](O)(C(=O)CO)C[C@@H]3O[C@H]1C[C@H](NC(=O)CCCCCCC(=O)NCCN(CCNC(=O)CCCCCCC(=O)NCCOC(=O)c2c(Cl)c(Cl)c(Cl)c(Cl)c2-c2c3cc(I)c(=O)c(I)c-3oc3c(I)c(O)c(I)cc23)CCNC(=O)CCCCC2SC[C@@]3(C)NC(=O)N[C@@]23C)[C@H](O)[C@H](C)O1. The van der Waals surface area contributed by atoms with Crippen LogP contribution in [0.3, 0.4) is 0 Å². The summed E-state index contributed by atoms with van der Waals surface area (Å²) in [5, 5.41) is 88.2. The van der Waals surface area contributed by atoms with Gasteiger partial charge in [0.1, 0.15) is 51.5 Å². The predicted octanol–water partition coefficient (Wildman–Crippen LogP) is 11.6. The third-order valence-electron chi connectivity index (χ3n) is 23.1. The van der Waals surface area contributed by atoms with Gasteiger partial charge in [0.25, 0.3) is 0 Å². The number of ketones is 3. The van der Waals surface area contributed by atoms with Crippen LogP contribution in [0.15, 0.2) is 39.5 Å². The molecule has 0 radical (unpaired) electrons. The zero-order valence-electron chi connectivity index (χ0n) is 67.0. The summed E-state index contributed by atoms with van der Waals surface area (Å²) >= 11 is 36.6. The highest BCUT2D eigenvalue weighted by Gasteiger charge is 2.61. The van der Waals surface area contributed by atoms with Gasteiger partial charge in [-0.25, -0.2) is 9.59 Å². The largest absolute Gasteiger partial charge is 0.507 e. The van der Waals surface area contributed by atoms with Crippen LogP contribution < -0.4 is 47.4 Å². The Bertz CT molecular complexity index is 5130. The smallest absolute Gasteiger partial charge is 0.340 e. The zero-order chi connectivity index (χ0) is 88.6. The van der Waals surface area contributed by atoms with Crippen LogP contribution in [0.5, 0.6) is 23.0 Å². The highest BCUT2D eigenvalue weighted by molar-refractivity contribution is 14.1. The summed E-state index contributed by atoms with van der Waals surface area (Å²) < 4.78 is 31.0. The number of benzene rings is 5. The number of esters is 1. The van der Waals surface area contributed by atoms with E-state index < -0.39 is 113 Å². The molecule has 7 amide bonds. The Balaban J connectivity index is 0.603. The number of carbonyl (C=O) groups is 10. The van der Waals surface area contributed by atoms with Crippen molar-refractivity contribution in [3.05, 3.63) is 114 Å². The van der Waals surface area contributed by atoms with Gasteiger partial charge in [0.2, 0.25) is 40.7 Å². The first kappa shape index (κ1) is 96.7. The van der Waals surface area contributed by atoms with Gasteiger partial charge < -0.3 is 91.2 Å². The van der Waals surface area contributed by atoms with E-state index in [1.54, 1.807) is 12.1 Å². The lowest BCUT2D eigenvalue weighted by molar-refractivity contribution is -0.249. The van der Waals surface area contributed by atoms with E-state index in [4.69, 9.17) is 69.8 Å². The molecule has 4 aliphatic heterocycles. The Hall–Kier alpha value is -5.94. The number of aliphatic hydroxyl groups is 3. The number of fused-ring (bicyclic) bond motifs is 6. The molecule has 1 unspecified atom stereocenters. The van der Waals surface area contributed by atoms with Gasteiger partial charge in [-0.3, -0.25) is 48.1 Å². The van der Waals surface area contributed by atoms with Crippen molar-refractivity contribution >= 4 is 218 Å².